The molecule has 3 unspecified atom stereocenters. The van der Waals surface area contributed by atoms with Gasteiger partial charge in [0.05, 0.1) is 6.04 Å². The summed E-state index contributed by atoms with van der Waals surface area (Å²) in [5.74, 6) is 0.668. The number of nitrogens with one attached hydrogen (secondary N) is 2. The molecule has 25 heavy (non-hydrogen) atoms. The van der Waals surface area contributed by atoms with Crippen molar-refractivity contribution in [1.29, 1.82) is 0 Å². The van der Waals surface area contributed by atoms with E-state index in [1.807, 2.05) is 49.4 Å². The van der Waals surface area contributed by atoms with Crippen LogP contribution in [0.3, 0.4) is 0 Å². The van der Waals surface area contributed by atoms with Gasteiger partial charge in [0.15, 0.2) is 0 Å². The van der Waals surface area contributed by atoms with E-state index in [9.17, 15) is 4.79 Å². The standard InChI is InChI=1S/C22H28N2O/c1-16-10-6-8-14-20(16)23-17(2)22(25)24-21-15-9-7-13-19(21)18-11-4-3-5-12-18/h3-5,7,9,11-13,15-17,20,23H,6,8,10,14H2,1-2H3,(H,24,25). The average Bonchev–Trinajstić information content (AvgIpc) is 2.64. The topological polar surface area (TPSA) is 41.1 Å². The Morgan fingerprint density at radius 3 is 2.44 bits per heavy atom. The van der Waals surface area contributed by atoms with E-state index in [4.69, 9.17) is 0 Å². The molecule has 1 aliphatic rings. The number of amides is 1. The number of rotatable bonds is 5. The van der Waals surface area contributed by atoms with Gasteiger partial charge in [-0.1, -0.05) is 68.3 Å². The molecule has 132 valence electrons. The molecule has 1 aliphatic carbocycles. The Kier molecular flexibility index (Phi) is 5.87. The maximum atomic E-state index is 12.7. The second-order valence-electron chi connectivity index (χ2n) is 7.16. The summed E-state index contributed by atoms with van der Waals surface area (Å²) in [4.78, 5) is 12.7. The molecule has 2 aromatic carbocycles. The SMILES string of the molecule is CC(NC1CCCCC1C)C(=O)Nc1ccccc1-c1ccccc1. The summed E-state index contributed by atoms with van der Waals surface area (Å²) in [6.45, 7) is 4.24. The molecule has 1 saturated carbocycles. The van der Waals surface area contributed by atoms with E-state index in [0.717, 1.165) is 16.8 Å². The van der Waals surface area contributed by atoms with Crippen molar-refractivity contribution in [3.8, 4) is 11.1 Å². The van der Waals surface area contributed by atoms with Crippen molar-refractivity contribution in [3.05, 3.63) is 54.6 Å². The van der Waals surface area contributed by atoms with Crippen LogP contribution in [0.25, 0.3) is 11.1 Å². The molecule has 0 heterocycles. The molecule has 3 heteroatoms. The highest BCUT2D eigenvalue weighted by molar-refractivity contribution is 5.98. The molecule has 2 N–H and O–H groups in total. The zero-order chi connectivity index (χ0) is 17.6. The fourth-order valence-electron chi connectivity index (χ4n) is 3.66. The minimum Gasteiger partial charge on any atom is -0.324 e. The van der Waals surface area contributed by atoms with Crippen LogP contribution >= 0.6 is 0 Å². The van der Waals surface area contributed by atoms with E-state index >= 15 is 0 Å². The monoisotopic (exact) mass is 336 g/mol. The molecule has 1 amide bonds. The summed E-state index contributed by atoms with van der Waals surface area (Å²) in [5, 5.41) is 6.65. The van der Waals surface area contributed by atoms with Crippen LogP contribution in [-0.2, 0) is 4.79 Å². The van der Waals surface area contributed by atoms with Crippen LogP contribution in [0.1, 0.15) is 39.5 Å². The molecule has 3 rings (SSSR count). The van der Waals surface area contributed by atoms with Gasteiger partial charge in [0, 0.05) is 17.3 Å². The maximum absolute atomic E-state index is 12.7. The minimum absolute atomic E-state index is 0.0288. The normalized spacial score (nSPS) is 21.5. The van der Waals surface area contributed by atoms with Crippen LogP contribution in [0, 0.1) is 5.92 Å². The van der Waals surface area contributed by atoms with Gasteiger partial charge in [-0.15, -0.1) is 0 Å². The fraction of sp³-hybridized carbons (Fsp3) is 0.409. The first kappa shape index (κ1) is 17.7. The van der Waals surface area contributed by atoms with Gasteiger partial charge in [0.1, 0.15) is 0 Å². The molecule has 3 atom stereocenters. The van der Waals surface area contributed by atoms with Gasteiger partial charge in [-0.3, -0.25) is 4.79 Å². The Balaban J connectivity index is 1.69. The first-order valence-corrected chi connectivity index (χ1v) is 9.36. The summed E-state index contributed by atoms with van der Waals surface area (Å²) in [6.07, 6.45) is 4.99. The molecule has 0 saturated heterocycles. The Morgan fingerprint density at radius 2 is 1.68 bits per heavy atom. The Hall–Kier alpha value is -2.13. The quantitative estimate of drug-likeness (QED) is 0.819. The number of carbonyl (C=O) groups excluding carboxylic acids is 1. The van der Waals surface area contributed by atoms with E-state index in [0.29, 0.717) is 12.0 Å². The lowest BCUT2D eigenvalue weighted by Gasteiger charge is -2.31. The predicted octanol–water partition coefficient (Wildman–Crippen LogP) is 4.85. The van der Waals surface area contributed by atoms with E-state index in [-0.39, 0.29) is 11.9 Å². The van der Waals surface area contributed by atoms with Gasteiger partial charge in [-0.05, 0) is 37.3 Å². The number of hydrogen-bond acceptors (Lipinski definition) is 2. The van der Waals surface area contributed by atoms with Crippen LogP contribution in [0.4, 0.5) is 5.69 Å². The van der Waals surface area contributed by atoms with E-state index in [2.05, 4.69) is 29.7 Å². The van der Waals surface area contributed by atoms with Crippen molar-refractivity contribution in [2.45, 2.75) is 51.6 Å². The van der Waals surface area contributed by atoms with Crippen molar-refractivity contribution in [1.82, 2.24) is 5.32 Å². The average molecular weight is 336 g/mol. The number of para-hydroxylation sites is 1. The molecule has 0 spiro atoms. The highest BCUT2D eigenvalue weighted by atomic mass is 16.2. The molecular weight excluding hydrogens is 308 g/mol. The number of hydrogen-bond donors (Lipinski definition) is 2. The molecule has 0 aliphatic heterocycles. The lowest BCUT2D eigenvalue weighted by molar-refractivity contribution is -0.118. The third-order valence-corrected chi connectivity index (χ3v) is 5.24. The third-order valence-electron chi connectivity index (χ3n) is 5.24. The van der Waals surface area contributed by atoms with Gasteiger partial charge in [-0.25, -0.2) is 0 Å². The van der Waals surface area contributed by atoms with E-state index < -0.39 is 0 Å². The van der Waals surface area contributed by atoms with Crippen LogP contribution in [0.5, 0.6) is 0 Å². The lowest BCUT2D eigenvalue weighted by atomic mass is 9.85. The molecule has 0 aromatic heterocycles. The number of anilines is 1. The van der Waals surface area contributed by atoms with Crippen molar-refractivity contribution in [2.24, 2.45) is 5.92 Å². The zero-order valence-corrected chi connectivity index (χ0v) is 15.2. The van der Waals surface area contributed by atoms with Crippen LogP contribution in [0.15, 0.2) is 54.6 Å². The molecule has 0 radical (unpaired) electrons. The Bertz CT molecular complexity index is 698. The summed E-state index contributed by atoms with van der Waals surface area (Å²) in [5.41, 5.74) is 3.03. The first-order valence-electron chi connectivity index (χ1n) is 9.36. The van der Waals surface area contributed by atoms with Crippen molar-refractivity contribution in [3.63, 3.8) is 0 Å². The summed E-state index contributed by atoms with van der Waals surface area (Å²) >= 11 is 0. The van der Waals surface area contributed by atoms with Gasteiger partial charge in [0.2, 0.25) is 5.91 Å². The lowest BCUT2D eigenvalue weighted by Crippen LogP contribution is -2.47. The zero-order valence-electron chi connectivity index (χ0n) is 15.2. The highest BCUT2D eigenvalue weighted by Gasteiger charge is 2.25. The molecule has 0 bridgehead atoms. The van der Waals surface area contributed by atoms with Gasteiger partial charge in [0.25, 0.3) is 0 Å². The minimum atomic E-state index is -0.200. The molecule has 3 nitrogen and oxygen atoms in total. The van der Waals surface area contributed by atoms with Gasteiger partial charge < -0.3 is 10.6 Å². The Morgan fingerprint density at radius 1 is 1.00 bits per heavy atom. The van der Waals surface area contributed by atoms with Crippen LogP contribution < -0.4 is 10.6 Å². The summed E-state index contributed by atoms with van der Waals surface area (Å²) in [7, 11) is 0. The largest absolute Gasteiger partial charge is 0.324 e. The van der Waals surface area contributed by atoms with Crippen molar-refractivity contribution >= 4 is 11.6 Å². The molecule has 1 fully saturated rings. The summed E-state index contributed by atoms with van der Waals surface area (Å²) < 4.78 is 0. The highest BCUT2D eigenvalue weighted by Crippen LogP contribution is 2.28. The van der Waals surface area contributed by atoms with Crippen LogP contribution in [-0.4, -0.2) is 18.0 Å². The Labute approximate surface area is 150 Å². The smallest absolute Gasteiger partial charge is 0.241 e. The summed E-state index contributed by atoms with van der Waals surface area (Å²) in [6, 6.07) is 18.4. The first-order chi connectivity index (χ1) is 12.1. The van der Waals surface area contributed by atoms with Crippen molar-refractivity contribution < 1.29 is 4.79 Å². The fourth-order valence-corrected chi connectivity index (χ4v) is 3.66. The van der Waals surface area contributed by atoms with E-state index in [1.54, 1.807) is 0 Å². The maximum Gasteiger partial charge on any atom is 0.241 e. The second kappa shape index (κ2) is 8.30. The van der Waals surface area contributed by atoms with Crippen LogP contribution in [0.2, 0.25) is 0 Å². The van der Waals surface area contributed by atoms with Gasteiger partial charge in [-0.2, -0.15) is 0 Å². The molecular formula is C22H28N2O. The second-order valence-corrected chi connectivity index (χ2v) is 7.16. The predicted molar refractivity (Wildman–Crippen MR) is 105 cm³/mol. The number of benzene rings is 2. The molecule has 2 aromatic rings. The van der Waals surface area contributed by atoms with Gasteiger partial charge >= 0.3 is 0 Å². The van der Waals surface area contributed by atoms with Crippen molar-refractivity contribution in [2.75, 3.05) is 5.32 Å². The third kappa shape index (κ3) is 4.49. The number of carbonyl (C=O) groups is 1. The van der Waals surface area contributed by atoms with E-state index in [1.165, 1.54) is 25.7 Å².